The second kappa shape index (κ2) is 5.19. The van der Waals surface area contributed by atoms with Gasteiger partial charge in [-0.25, -0.2) is 9.48 Å². The first-order valence-corrected chi connectivity index (χ1v) is 5.89. The van der Waals surface area contributed by atoms with Crippen LogP contribution in [0, 0.1) is 0 Å². The van der Waals surface area contributed by atoms with Gasteiger partial charge in [-0.15, -0.1) is 5.10 Å². The number of aldehydes is 1. The van der Waals surface area contributed by atoms with Crippen LogP contribution in [0.2, 0.25) is 5.02 Å². The van der Waals surface area contributed by atoms with Gasteiger partial charge >= 0.3 is 5.97 Å². The summed E-state index contributed by atoms with van der Waals surface area (Å²) in [5.41, 5.74) is 1.34. The van der Waals surface area contributed by atoms with E-state index in [0.29, 0.717) is 24.1 Å². The predicted octanol–water partition coefficient (Wildman–Crippen LogP) is 1.99. The Morgan fingerprint density at radius 1 is 1.53 bits per heavy atom. The van der Waals surface area contributed by atoms with E-state index in [1.165, 1.54) is 16.8 Å². The van der Waals surface area contributed by atoms with E-state index in [1.54, 1.807) is 6.07 Å². The molecular weight excluding hydrogens is 270 g/mol. The second-order valence-corrected chi connectivity index (χ2v) is 4.18. The summed E-state index contributed by atoms with van der Waals surface area (Å²) in [6, 6.07) is 4.49. The summed E-state index contributed by atoms with van der Waals surface area (Å²) < 4.78 is 1.44. The van der Waals surface area contributed by atoms with Crippen LogP contribution in [0.3, 0.4) is 0 Å². The third-order valence-corrected chi connectivity index (χ3v) is 2.99. The highest BCUT2D eigenvalue weighted by Crippen LogP contribution is 2.21. The van der Waals surface area contributed by atoms with E-state index in [4.69, 9.17) is 16.7 Å². The minimum Gasteiger partial charge on any atom is -0.478 e. The third kappa shape index (κ3) is 2.34. The van der Waals surface area contributed by atoms with Crippen molar-refractivity contribution in [3.05, 3.63) is 40.2 Å². The van der Waals surface area contributed by atoms with Crippen molar-refractivity contribution in [1.82, 2.24) is 15.0 Å². The molecule has 0 aliphatic heterocycles. The predicted molar refractivity (Wildman–Crippen MR) is 68.1 cm³/mol. The molecule has 0 aliphatic carbocycles. The van der Waals surface area contributed by atoms with Gasteiger partial charge in [0.15, 0.2) is 6.29 Å². The van der Waals surface area contributed by atoms with Gasteiger partial charge in [0, 0.05) is 0 Å². The average Bonchev–Trinajstić information content (AvgIpc) is 2.81. The van der Waals surface area contributed by atoms with E-state index < -0.39 is 5.97 Å². The standard InChI is InChI=1S/C12H10ClN3O3/c1-2-11-10(6-17)14-15-16(11)7-3-4-9(13)8(5-7)12(18)19/h3-6H,2H2,1H3,(H,18,19). The minimum absolute atomic E-state index is 0.0237. The van der Waals surface area contributed by atoms with Gasteiger partial charge in [0.2, 0.25) is 0 Å². The van der Waals surface area contributed by atoms with Crippen molar-refractivity contribution in [1.29, 1.82) is 0 Å². The van der Waals surface area contributed by atoms with Crippen LogP contribution >= 0.6 is 11.6 Å². The van der Waals surface area contributed by atoms with Crippen LogP contribution in [0.5, 0.6) is 0 Å². The highest BCUT2D eigenvalue weighted by atomic mass is 35.5. The molecule has 0 aliphatic rings. The lowest BCUT2D eigenvalue weighted by Crippen LogP contribution is -2.05. The Labute approximate surface area is 113 Å². The molecule has 6 nitrogen and oxygen atoms in total. The zero-order valence-electron chi connectivity index (χ0n) is 10.00. The number of hydrogen-bond donors (Lipinski definition) is 1. The normalized spacial score (nSPS) is 10.4. The van der Waals surface area contributed by atoms with Crippen LogP contribution in [0.1, 0.15) is 33.5 Å². The fraction of sp³-hybridized carbons (Fsp3) is 0.167. The largest absolute Gasteiger partial charge is 0.478 e. The monoisotopic (exact) mass is 279 g/mol. The number of benzene rings is 1. The number of aromatic carboxylic acids is 1. The minimum atomic E-state index is -1.12. The quantitative estimate of drug-likeness (QED) is 0.865. The van der Waals surface area contributed by atoms with E-state index in [2.05, 4.69) is 10.3 Å². The van der Waals surface area contributed by atoms with Crippen LogP contribution in [-0.2, 0) is 6.42 Å². The molecule has 0 unspecified atom stereocenters. The molecule has 0 saturated heterocycles. The Kier molecular flexibility index (Phi) is 3.62. The second-order valence-electron chi connectivity index (χ2n) is 3.77. The number of hydrogen-bond acceptors (Lipinski definition) is 4. The van der Waals surface area contributed by atoms with Crippen molar-refractivity contribution < 1.29 is 14.7 Å². The Morgan fingerprint density at radius 2 is 2.26 bits per heavy atom. The molecule has 0 atom stereocenters. The van der Waals surface area contributed by atoms with Crippen LogP contribution in [-0.4, -0.2) is 32.4 Å². The van der Waals surface area contributed by atoms with Gasteiger partial charge in [0.25, 0.3) is 0 Å². The fourth-order valence-corrected chi connectivity index (χ4v) is 1.95. The molecule has 1 aromatic heterocycles. The molecule has 2 aromatic rings. The molecular formula is C12H10ClN3O3. The van der Waals surface area contributed by atoms with Crippen molar-refractivity contribution in [2.24, 2.45) is 0 Å². The number of carboxylic acids is 1. The number of nitrogens with zero attached hydrogens (tertiary/aromatic N) is 3. The van der Waals surface area contributed by atoms with E-state index in [9.17, 15) is 9.59 Å². The molecule has 19 heavy (non-hydrogen) atoms. The Balaban J connectivity index is 2.59. The first-order chi connectivity index (χ1) is 9.08. The van der Waals surface area contributed by atoms with Gasteiger partial charge in [-0.1, -0.05) is 23.7 Å². The first-order valence-electron chi connectivity index (χ1n) is 5.51. The Bertz CT molecular complexity index is 652. The van der Waals surface area contributed by atoms with E-state index >= 15 is 0 Å². The van der Waals surface area contributed by atoms with Crippen LogP contribution in [0.4, 0.5) is 0 Å². The summed E-state index contributed by atoms with van der Waals surface area (Å²) in [7, 11) is 0. The highest BCUT2D eigenvalue weighted by Gasteiger charge is 2.15. The maximum Gasteiger partial charge on any atom is 0.337 e. The lowest BCUT2D eigenvalue weighted by molar-refractivity contribution is 0.0697. The van der Waals surface area contributed by atoms with Crippen LogP contribution in [0.15, 0.2) is 18.2 Å². The van der Waals surface area contributed by atoms with Gasteiger partial charge in [-0.3, -0.25) is 4.79 Å². The average molecular weight is 280 g/mol. The smallest absolute Gasteiger partial charge is 0.337 e. The molecule has 98 valence electrons. The topological polar surface area (TPSA) is 85.1 Å². The summed E-state index contributed by atoms with van der Waals surface area (Å²) in [5, 5.41) is 16.8. The molecule has 1 heterocycles. The summed E-state index contributed by atoms with van der Waals surface area (Å²) >= 11 is 5.80. The van der Waals surface area contributed by atoms with E-state index in [-0.39, 0.29) is 16.3 Å². The summed E-state index contributed by atoms with van der Waals surface area (Å²) in [6.45, 7) is 1.86. The number of carbonyl (C=O) groups excluding carboxylic acids is 1. The van der Waals surface area contributed by atoms with Crippen molar-refractivity contribution >= 4 is 23.9 Å². The van der Waals surface area contributed by atoms with Gasteiger partial charge < -0.3 is 5.11 Å². The van der Waals surface area contributed by atoms with Crippen molar-refractivity contribution in [3.63, 3.8) is 0 Å². The Hall–Kier alpha value is -2.21. The van der Waals surface area contributed by atoms with Gasteiger partial charge in [0.05, 0.1) is 22.0 Å². The number of carbonyl (C=O) groups is 2. The lowest BCUT2D eigenvalue weighted by atomic mass is 10.2. The summed E-state index contributed by atoms with van der Waals surface area (Å²) in [4.78, 5) is 21.9. The molecule has 0 bridgehead atoms. The van der Waals surface area contributed by atoms with Gasteiger partial charge in [-0.2, -0.15) is 0 Å². The molecule has 1 aromatic carbocycles. The molecule has 7 heteroatoms. The lowest BCUT2D eigenvalue weighted by Gasteiger charge is -2.07. The fourth-order valence-electron chi connectivity index (χ4n) is 1.75. The molecule has 0 radical (unpaired) electrons. The highest BCUT2D eigenvalue weighted by molar-refractivity contribution is 6.33. The Morgan fingerprint density at radius 3 is 2.84 bits per heavy atom. The number of rotatable bonds is 4. The van der Waals surface area contributed by atoms with Crippen molar-refractivity contribution in [3.8, 4) is 5.69 Å². The molecule has 2 rings (SSSR count). The van der Waals surface area contributed by atoms with Gasteiger partial charge in [-0.05, 0) is 24.6 Å². The zero-order chi connectivity index (χ0) is 14.0. The first kappa shape index (κ1) is 13.2. The van der Waals surface area contributed by atoms with Gasteiger partial charge in [0.1, 0.15) is 5.69 Å². The molecule has 0 saturated carbocycles. The number of halogens is 1. The molecule has 1 N–H and O–H groups in total. The molecule has 0 spiro atoms. The third-order valence-electron chi connectivity index (χ3n) is 2.66. The molecule has 0 amide bonds. The summed E-state index contributed by atoms with van der Waals surface area (Å²) in [6.07, 6.45) is 1.17. The van der Waals surface area contributed by atoms with Crippen LogP contribution < -0.4 is 0 Å². The molecule has 0 fully saturated rings. The van der Waals surface area contributed by atoms with Crippen LogP contribution in [0.25, 0.3) is 5.69 Å². The van der Waals surface area contributed by atoms with E-state index in [1.807, 2.05) is 6.92 Å². The van der Waals surface area contributed by atoms with E-state index in [0.717, 1.165) is 0 Å². The SMILES string of the molecule is CCc1c(C=O)nnn1-c1ccc(Cl)c(C(=O)O)c1. The summed E-state index contributed by atoms with van der Waals surface area (Å²) in [5.74, 6) is -1.12. The zero-order valence-corrected chi connectivity index (χ0v) is 10.8. The number of carboxylic acid groups (broad SMARTS) is 1. The van der Waals surface area contributed by atoms with Crippen molar-refractivity contribution in [2.45, 2.75) is 13.3 Å². The number of aromatic nitrogens is 3. The maximum absolute atomic E-state index is 11.0. The maximum atomic E-state index is 11.0. The van der Waals surface area contributed by atoms with Crippen molar-refractivity contribution in [2.75, 3.05) is 0 Å².